The van der Waals surface area contributed by atoms with Crippen molar-refractivity contribution < 1.29 is 0 Å². The van der Waals surface area contributed by atoms with Gasteiger partial charge in [-0.2, -0.15) is 0 Å². The number of allylic oxidation sites excluding steroid dienone is 2. The normalized spacial score (nSPS) is 21.6. The lowest BCUT2D eigenvalue weighted by molar-refractivity contribution is 0.700. The third-order valence-corrected chi connectivity index (χ3v) is 3.52. The van der Waals surface area contributed by atoms with Crippen LogP contribution >= 0.6 is 44.2 Å². The fraction of sp³-hybridized carbons (Fsp3) is 0. The zero-order valence-corrected chi connectivity index (χ0v) is 8.80. The van der Waals surface area contributed by atoms with E-state index in [0.29, 0.717) is 5.17 Å². The molecule has 0 radical (unpaired) electrons. The fourth-order valence-electron chi connectivity index (χ4n) is 0.709. The topological polar surface area (TPSA) is 28.0 Å². The zero-order valence-electron chi connectivity index (χ0n) is 5.13. The van der Waals surface area contributed by atoms with E-state index in [1.54, 1.807) is 0 Å². The lowest BCUT2D eigenvalue weighted by Gasteiger charge is -2.15. The summed E-state index contributed by atoms with van der Waals surface area (Å²) in [5.74, 6) is 0. The summed E-state index contributed by atoms with van der Waals surface area (Å²) in [5, 5.41) is 4.63. The smallest absolute Gasteiger partial charge is 0.205 e. The molecule has 2 aliphatic rings. The number of amidine groups is 1. The second-order valence-corrected chi connectivity index (χ2v) is 4.69. The summed E-state index contributed by atoms with van der Waals surface area (Å²) in [7, 11) is 0. The number of aliphatic imine (C=N–C) groups is 1. The Labute approximate surface area is 83.5 Å². The van der Waals surface area contributed by atoms with Crippen LogP contribution in [-0.2, 0) is 0 Å². The number of hydrazone groups is 1. The van der Waals surface area contributed by atoms with Crippen LogP contribution in [0.2, 0.25) is 0 Å². The second-order valence-electron chi connectivity index (χ2n) is 1.81. The van der Waals surface area contributed by atoms with Gasteiger partial charge in [-0.05, 0) is 21.7 Å². The molecule has 3 nitrogen and oxygen atoms in total. The summed E-state index contributed by atoms with van der Waals surface area (Å²) in [6, 6.07) is 0. The second kappa shape index (κ2) is 2.84. The summed E-state index contributed by atoms with van der Waals surface area (Å²) in [6.07, 6.45) is 1.92. The Morgan fingerprint density at radius 1 is 1.45 bits per heavy atom. The van der Waals surface area contributed by atoms with Gasteiger partial charge in [-0.15, -0.1) is 5.10 Å². The molecular weight excluding hydrogens is 300 g/mol. The van der Waals surface area contributed by atoms with Crippen LogP contribution < -0.4 is 0 Å². The monoisotopic (exact) mass is 301 g/mol. The lowest BCUT2D eigenvalue weighted by Crippen LogP contribution is -2.14. The molecule has 0 N–H and O–H groups in total. The van der Waals surface area contributed by atoms with Gasteiger partial charge in [0.25, 0.3) is 0 Å². The molecule has 58 valence electrons. The molecule has 11 heavy (non-hydrogen) atoms. The van der Waals surface area contributed by atoms with Crippen LogP contribution in [-0.4, -0.2) is 17.7 Å². The van der Waals surface area contributed by atoms with E-state index in [-0.39, 0.29) is 26.3 Å². The minimum absolute atomic E-state index is 0.195. The number of hydrogen-bond donors (Lipinski definition) is 0. The Morgan fingerprint density at radius 3 is 3.09 bits per heavy atom. The van der Waals surface area contributed by atoms with Gasteiger partial charge in [0, 0.05) is 21.0 Å². The highest BCUT2D eigenvalue weighted by Gasteiger charge is 2.20. The maximum absolute atomic E-state index is 5.78. The molecule has 0 atom stereocenters. The van der Waals surface area contributed by atoms with Crippen LogP contribution in [0.1, 0.15) is 0 Å². The van der Waals surface area contributed by atoms with Gasteiger partial charge < -0.3 is 0 Å². The first kappa shape index (κ1) is 7.70. The molecule has 0 aromatic heterocycles. The van der Waals surface area contributed by atoms with Gasteiger partial charge in [-0.25, -0.2) is 8.21 Å². The van der Waals surface area contributed by atoms with Crippen molar-refractivity contribution in [2.75, 3.05) is 0 Å². The van der Waals surface area contributed by atoms with E-state index in [1.807, 2.05) is 9.30 Å². The van der Waals surface area contributed by atoms with Crippen LogP contribution in [0.25, 0.3) is 0 Å². The van der Waals surface area contributed by atoms with Crippen molar-refractivity contribution in [1.29, 1.82) is 0 Å². The van der Waals surface area contributed by atoms with E-state index < -0.39 is 0 Å². The van der Waals surface area contributed by atoms with E-state index in [4.69, 9.17) is 23.2 Å². The standard InChI is InChI=1S/C5H2Cl2IN3/c6-4-3-1-2-8-11(3)10-5(7)9-4/h1-2H. The van der Waals surface area contributed by atoms with E-state index in [2.05, 4.69) is 14.1 Å². The van der Waals surface area contributed by atoms with Gasteiger partial charge in [0.15, 0.2) is 5.17 Å². The molecule has 6 heteroatoms. The minimum Gasteiger partial charge on any atom is -0.205 e. The van der Waals surface area contributed by atoms with Gasteiger partial charge in [-0.3, -0.25) is 0 Å². The highest BCUT2D eigenvalue weighted by atomic mass is 127. The van der Waals surface area contributed by atoms with Crippen LogP contribution in [0, 0.1) is 0 Å². The molecule has 0 saturated carbocycles. The molecule has 2 heterocycles. The van der Waals surface area contributed by atoms with E-state index in [1.165, 1.54) is 0 Å². The SMILES string of the molecule is ClC1=NN2I=CC=C2C(Cl)=N1. The predicted molar refractivity (Wildman–Crippen MR) is 56.6 cm³/mol. The van der Waals surface area contributed by atoms with Crippen molar-refractivity contribution >= 4 is 58.7 Å². The zero-order chi connectivity index (χ0) is 7.84. The maximum Gasteiger partial charge on any atom is 0.243 e. The van der Waals surface area contributed by atoms with Crippen LogP contribution in [0.3, 0.4) is 0 Å². The van der Waals surface area contributed by atoms with Crippen molar-refractivity contribution in [3.8, 4) is 0 Å². The summed E-state index contributed by atoms with van der Waals surface area (Å²) in [5.41, 5.74) is 0.865. The first-order chi connectivity index (χ1) is 5.27. The molecule has 0 aromatic carbocycles. The number of hydrogen-bond acceptors (Lipinski definition) is 3. The summed E-state index contributed by atoms with van der Waals surface area (Å²) >= 11 is 11.2. The van der Waals surface area contributed by atoms with E-state index >= 15 is 0 Å². The highest BCUT2D eigenvalue weighted by molar-refractivity contribution is 14.2. The Balaban J connectivity index is 2.45. The van der Waals surface area contributed by atoms with Crippen molar-refractivity contribution in [2.45, 2.75) is 0 Å². The van der Waals surface area contributed by atoms with Crippen molar-refractivity contribution in [1.82, 2.24) is 3.22 Å². The van der Waals surface area contributed by atoms with Crippen molar-refractivity contribution in [3.63, 3.8) is 0 Å². The van der Waals surface area contributed by atoms with Crippen LogP contribution in [0.15, 0.2) is 21.9 Å². The Morgan fingerprint density at radius 2 is 2.27 bits per heavy atom. The third kappa shape index (κ3) is 1.34. The van der Waals surface area contributed by atoms with Gasteiger partial charge >= 0.3 is 0 Å². The number of rotatable bonds is 0. The molecule has 0 aromatic rings. The van der Waals surface area contributed by atoms with Gasteiger partial charge in [0.1, 0.15) is 5.70 Å². The van der Waals surface area contributed by atoms with Crippen LogP contribution in [0.5, 0.6) is 0 Å². The highest BCUT2D eigenvalue weighted by Crippen LogP contribution is 2.28. The maximum atomic E-state index is 5.78. The number of halogens is 3. The largest absolute Gasteiger partial charge is 0.243 e. The summed E-state index contributed by atoms with van der Waals surface area (Å²) < 4.78 is 3.88. The Hall–Kier alpha value is 0.0600. The van der Waals surface area contributed by atoms with E-state index in [9.17, 15) is 0 Å². The van der Waals surface area contributed by atoms with Crippen LogP contribution in [0.4, 0.5) is 0 Å². The average Bonchev–Trinajstić information content (AvgIpc) is 2.34. The molecule has 0 saturated heterocycles. The van der Waals surface area contributed by atoms with Crippen molar-refractivity contribution in [3.05, 3.63) is 11.8 Å². The molecule has 0 unspecified atom stereocenters. The Kier molecular flexibility index (Phi) is 1.98. The fourth-order valence-corrected chi connectivity index (χ4v) is 3.23. The molecule has 0 amide bonds. The molecule has 0 aliphatic carbocycles. The predicted octanol–water partition coefficient (Wildman–Crippen LogP) is 2.03. The molecule has 0 bridgehead atoms. The number of nitrogens with zero attached hydrogens (tertiary/aromatic N) is 3. The molecule has 2 rings (SSSR count). The quantitative estimate of drug-likeness (QED) is 0.382. The van der Waals surface area contributed by atoms with Crippen molar-refractivity contribution in [2.24, 2.45) is 10.1 Å². The average molecular weight is 302 g/mol. The lowest BCUT2D eigenvalue weighted by atomic mass is 10.4. The summed E-state index contributed by atoms with van der Waals surface area (Å²) in [4.78, 5) is 3.81. The molecule has 2 aliphatic heterocycles. The molecule has 0 spiro atoms. The first-order valence-electron chi connectivity index (χ1n) is 2.73. The summed E-state index contributed by atoms with van der Waals surface area (Å²) in [6.45, 7) is 0. The Bertz CT molecular complexity index is 318. The molecule has 0 fully saturated rings. The number of fused-ring (bicyclic) bond motifs is 1. The van der Waals surface area contributed by atoms with Gasteiger partial charge in [0.05, 0.1) is 0 Å². The minimum atomic E-state index is -0.195. The van der Waals surface area contributed by atoms with Gasteiger partial charge in [0.2, 0.25) is 5.29 Å². The first-order valence-corrected chi connectivity index (χ1v) is 5.70. The van der Waals surface area contributed by atoms with Gasteiger partial charge in [-0.1, -0.05) is 11.6 Å². The van der Waals surface area contributed by atoms with E-state index in [0.717, 1.165) is 5.70 Å². The third-order valence-electron chi connectivity index (χ3n) is 1.14. The molecular formula is C5H2Cl2IN3.